The molecule has 21 heavy (non-hydrogen) atoms. The van der Waals surface area contributed by atoms with Crippen LogP contribution in [0.25, 0.3) is 0 Å². The summed E-state index contributed by atoms with van der Waals surface area (Å²) in [5.41, 5.74) is 1.23. The smallest absolute Gasteiger partial charge is 0.0664 e. The van der Waals surface area contributed by atoms with E-state index in [9.17, 15) is 5.11 Å². The lowest BCUT2D eigenvalue weighted by atomic mass is 10.1. The summed E-state index contributed by atoms with van der Waals surface area (Å²) < 4.78 is 0. The van der Waals surface area contributed by atoms with E-state index in [-0.39, 0.29) is 6.10 Å². The molecule has 1 aliphatic rings. The molecule has 2 rings (SSSR count). The molecule has 1 heterocycles. The van der Waals surface area contributed by atoms with Gasteiger partial charge in [-0.3, -0.25) is 4.90 Å². The highest BCUT2D eigenvalue weighted by molar-refractivity contribution is 6.42. The van der Waals surface area contributed by atoms with Crippen LogP contribution in [-0.2, 0) is 6.42 Å². The lowest BCUT2D eigenvalue weighted by Gasteiger charge is -2.35. The Kier molecular flexibility index (Phi) is 6.77. The average molecular weight is 331 g/mol. The van der Waals surface area contributed by atoms with Gasteiger partial charge in [0.2, 0.25) is 0 Å². The third-order valence-electron chi connectivity index (χ3n) is 4.11. The number of halogens is 2. The molecule has 0 bridgehead atoms. The third kappa shape index (κ3) is 5.42. The Morgan fingerprint density at radius 2 is 1.76 bits per heavy atom. The first-order valence-corrected chi connectivity index (χ1v) is 8.40. The van der Waals surface area contributed by atoms with Gasteiger partial charge >= 0.3 is 0 Å². The van der Waals surface area contributed by atoms with Crippen LogP contribution in [0, 0.1) is 0 Å². The second-order valence-electron chi connectivity index (χ2n) is 5.70. The predicted molar refractivity (Wildman–Crippen MR) is 89.3 cm³/mol. The molecule has 1 aliphatic heterocycles. The highest BCUT2D eigenvalue weighted by Gasteiger charge is 2.18. The van der Waals surface area contributed by atoms with Crippen molar-refractivity contribution in [2.75, 3.05) is 39.3 Å². The van der Waals surface area contributed by atoms with Crippen LogP contribution in [0.2, 0.25) is 10.0 Å². The van der Waals surface area contributed by atoms with Gasteiger partial charge in [0.1, 0.15) is 0 Å². The van der Waals surface area contributed by atoms with E-state index >= 15 is 0 Å². The van der Waals surface area contributed by atoms with Crippen molar-refractivity contribution in [2.24, 2.45) is 0 Å². The van der Waals surface area contributed by atoms with Crippen LogP contribution in [0.1, 0.15) is 18.9 Å². The molecule has 0 amide bonds. The number of β-amino-alcohol motifs (C(OH)–C–C–N with tert-alkyl or cyclic N) is 1. The molecular weight excluding hydrogens is 307 g/mol. The van der Waals surface area contributed by atoms with Crippen LogP contribution in [0.15, 0.2) is 18.2 Å². The van der Waals surface area contributed by atoms with E-state index in [2.05, 4.69) is 9.80 Å². The Bertz CT molecular complexity index is 448. The largest absolute Gasteiger partial charge is 0.392 e. The zero-order valence-electron chi connectivity index (χ0n) is 12.6. The summed E-state index contributed by atoms with van der Waals surface area (Å²) in [5, 5.41) is 10.9. The van der Waals surface area contributed by atoms with E-state index < -0.39 is 0 Å². The van der Waals surface area contributed by atoms with Crippen molar-refractivity contribution < 1.29 is 5.11 Å². The minimum Gasteiger partial charge on any atom is -0.392 e. The van der Waals surface area contributed by atoms with Gasteiger partial charge in [-0.1, -0.05) is 36.2 Å². The first-order valence-electron chi connectivity index (χ1n) is 7.65. The Balaban J connectivity index is 1.72. The molecule has 1 N–H and O–H groups in total. The van der Waals surface area contributed by atoms with Crippen molar-refractivity contribution >= 4 is 23.2 Å². The highest BCUT2D eigenvalue weighted by Crippen LogP contribution is 2.22. The topological polar surface area (TPSA) is 26.7 Å². The van der Waals surface area contributed by atoms with Crippen molar-refractivity contribution in [1.29, 1.82) is 0 Å². The second-order valence-corrected chi connectivity index (χ2v) is 6.52. The van der Waals surface area contributed by atoms with Crippen molar-refractivity contribution in [3.05, 3.63) is 33.8 Å². The summed E-state index contributed by atoms with van der Waals surface area (Å²) in [6.07, 6.45) is 1.64. The molecule has 3 nitrogen and oxygen atoms in total. The number of aliphatic hydroxyl groups excluding tert-OH is 1. The molecule has 5 heteroatoms. The lowest BCUT2D eigenvalue weighted by molar-refractivity contribution is 0.0714. The van der Waals surface area contributed by atoms with E-state index in [1.165, 1.54) is 5.56 Å². The molecular formula is C16H24Cl2N2O. The van der Waals surface area contributed by atoms with Gasteiger partial charge in [0.15, 0.2) is 0 Å². The minimum atomic E-state index is -0.187. The number of nitrogens with zero attached hydrogens (tertiary/aromatic N) is 2. The monoisotopic (exact) mass is 330 g/mol. The average Bonchev–Trinajstić information content (AvgIpc) is 2.50. The molecule has 118 valence electrons. The van der Waals surface area contributed by atoms with Crippen LogP contribution in [0.5, 0.6) is 0 Å². The Hall–Kier alpha value is -0.320. The molecule has 1 atom stereocenters. The summed E-state index contributed by atoms with van der Waals surface area (Å²) in [5.74, 6) is 0. The van der Waals surface area contributed by atoms with E-state index in [0.717, 1.165) is 52.1 Å². The fourth-order valence-corrected chi connectivity index (χ4v) is 2.93. The molecule has 0 aromatic heterocycles. The Morgan fingerprint density at radius 1 is 1.10 bits per heavy atom. The normalized spacial score (nSPS) is 18.9. The maximum atomic E-state index is 9.70. The number of aliphatic hydroxyl groups is 1. The molecule has 1 aromatic rings. The highest BCUT2D eigenvalue weighted by atomic mass is 35.5. The molecule has 0 spiro atoms. The standard InChI is InChI=1S/C16H24Cl2N2O/c1-2-14(21)12-20-9-7-19(8-10-20)6-5-13-3-4-15(17)16(18)11-13/h3-4,11,14,21H,2,5-10,12H2,1H3/t14-/m0/s1. The van der Waals surface area contributed by atoms with Crippen LogP contribution in [-0.4, -0.2) is 60.3 Å². The van der Waals surface area contributed by atoms with Gasteiger partial charge in [-0.2, -0.15) is 0 Å². The van der Waals surface area contributed by atoms with Crippen LogP contribution >= 0.6 is 23.2 Å². The van der Waals surface area contributed by atoms with Gasteiger partial charge < -0.3 is 10.0 Å². The SMILES string of the molecule is CC[C@H](O)CN1CCN(CCc2ccc(Cl)c(Cl)c2)CC1. The zero-order valence-corrected chi connectivity index (χ0v) is 14.1. The van der Waals surface area contributed by atoms with Gasteiger partial charge in [0, 0.05) is 39.3 Å². The number of rotatable bonds is 6. The van der Waals surface area contributed by atoms with Crippen molar-refractivity contribution in [3.8, 4) is 0 Å². The lowest BCUT2D eigenvalue weighted by Crippen LogP contribution is -2.48. The maximum Gasteiger partial charge on any atom is 0.0664 e. The fourth-order valence-electron chi connectivity index (χ4n) is 2.60. The first-order chi connectivity index (χ1) is 10.1. The van der Waals surface area contributed by atoms with Gasteiger partial charge in [-0.25, -0.2) is 0 Å². The summed E-state index contributed by atoms with van der Waals surface area (Å²) in [6, 6.07) is 5.86. The summed E-state index contributed by atoms with van der Waals surface area (Å²) in [7, 11) is 0. The molecule has 0 aliphatic carbocycles. The number of hydrogen-bond donors (Lipinski definition) is 1. The van der Waals surface area contributed by atoms with Gasteiger partial charge in [0.05, 0.1) is 16.1 Å². The van der Waals surface area contributed by atoms with Crippen LogP contribution < -0.4 is 0 Å². The molecule has 1 fully saturated rings. The van der Waals surface area contributed by atoms with Gasteiger partial charge in [0.25, 0.3) is 0 Å². The summed E-state index contributed by atoms with van der Waals surface area (Å²) in [4.78, 5) is 4.82. The number of benzene rings is 1. The van der Waals surface area contributed by atoms with E-state index in [0.29, 0.717) is 10.0 Å². The third-order valence-corrected chi connectivity index (χ3v) is 4.84. The molecule has 1 saturated heterocycles. The minimum absolute atomic E-state index is 0.187. The van der Waals surface area contributed by atoms with Crippen LogP contribution in [0.3, 0.4) is 0 Å². The molecule has 0 unspecified atom stereocenters. The van der Waals surface area contributed by atoms with E-state index in [1.807, 2.05) is 25.1 Å². The second kappa shape index (κ2) is 8.35. The summed E-state index contributed by atoms with van der Waals surface area (Å²) in [6.45, 7) is 8.09. The van der Waals surface area contributed by atoms with Crippen molar-refractivity contribution in [3.63, 3.8) is 0 Å². The van der Waals surface area contributed by atoms with E-state index in [1.54, 1.807) is 0 Å². The van der Waals surface area contributed by atoms with E-state index in [4.69, 9.17) is 23.2 Å². The van der Waals surface area contributed by atoms with Crippen LogP contribution in [0.4, 0.5) is 0 Å². The number of piperazine rings is 1. The Labute approximate surface area is 137 Å². The quantitative estimate of drug-likeness (QED) is 0.868. The number of hydrogen-bond acceptors (Lipinski definition) is 3. The fraction of sp³-hybridized carbons (Fsp3) is 0.625. The molecule has 1 aromatic carbocycles. The first kappa shape index (κ1) is 17.0. The van der Waals surface area contributed by atoms with Crippen molar-refractivity contribution in [2.45, 2.75) is 25.9 Å². The predicted octanol–water partition coefficient (Wildman–Crippen LogP) is 2.92. The Morgan fingerprint density at radius 3 is 2.38 bits per heavy atom. The van der Waals surface area contributed by atoms with Gasteiger partial charge in [-0.05, 0) is 30.5 Å². The zero-order chi connectivity index (χ0) is 15.2. The molecule has 0 saturated carbocycles. The van der Waals surface area contributed by atoms with Gasteiger partial charge in [-0.15, -0.1) is 0 Å². The maximum absolute atomic E-state index is 9.70. The molecule has 0 radical (unpaired) electrons. The summed E-state index contributed by atoms with van der Waals surface area (Å²) >= 11 is 12.0. The van der Waals surface area contributed by atoms with Crippen molar-refractivity contribution in [1.82, 2.24) is 9.80 Å².